The van der Waals surface area contributed by atoms with Gasteiger partial charge in [0, 0.05) is 17.5 Å². The molecule has 30 heteroatoms. The van der Waals surface area contributed by atoms with E-state index in [1.165, 1.54) is 0 Å². The fraction of sp³-hybridized carbons (Fsp3) is 0.138. The van der Waals surface area contributed by atoms with Crippen LogP contribution in [0, 0.1) is 10.1 Å². The number of aromatic amines is 1. The molecular formula is C29H25N9O17S4. The lowest BCUT2D eigenvalue weighted by Gasteiger charge is -2.14. The Morgan fingerprint density at radius 2 is 1.05 bits per heavy atom. The molecule has 0 aliphatic rings. The minimum Gasteiger partial charge on any atom is -0.505 e. The van der Waals surface area contributed by atoms with Crippen molar-refractivity contribution in [2.24, 2.45) is 30.7 Å². The number of aromatic nitrogens is 2. The van der Waals surface area contributed by atoms with Crippen LogP contribution < -0.4 is 0 Å². The zero-order valence-electron chi connectivity index (χ0n) is 29.5. The summed E-state index contributed by atoms with van der Waals surface area (Å²) in [6, 6.07) is 5.21. The zero-order chi connectivity index (χ0) is 44.2. The maximum absolute atomic E-state index is 12.5. The van der Waals surface area contributed by atoms with E-state index in [1.54, 1.807) is 20.8 Å². The molecule has 0 atom stereocenters. The first-order chi connectivity index (χ1) is 27.0. The molecule has 8 N–H and O–H groups in total. The Morgan fingerprint density at radius 3 is 1.49 bits per heavy atom. The van der Waals surface area contributed by atoms with E-state index in [4.69, 9.17) is 0 Å². The largest absolute Gasteiger partial charge is 0.505 e. The third-order valence-corrected chi connectivity index (χ3v) is 11.2. The lowest BCUT2D eigenvalue weighted by Crippen LogP contribution is -2.11. The predicted octanol–water partition coefficient (Wildman–Crippen LogP) is 6.12. The number of azo groups is 3. The number of nitrogens with zero attached hydrogens (tertiary/aromatic N) is 8. The summed E-state index contributed by atoms with van der Waals surface area (Å²) in [4.78, 5) is 5.14. The van der Waals surface area contributed by atoms with Gasteiger partial charge in [0.1, 0.15) is 42.3 Å². The van der Waals surface area contributed by atoms with Gasteiger partial charge in [0.25, 0.3) is 46.2 Å². The van der Waals surface area contributed by atoms with Crippen LogP contribution in [-0.4, -0.2) is 82.3 Å². The maximum atomic E-state index is 12.5. The molecule has 59 heavy (non-hydrogen) atoms. The number of hydrogen-bond donors (Lipinski definition) is 8. The topological polar surface area (TPSA) is 424 Å². The second kappa shape index (κ2) is 15.1. The van der Waals surface area contributed by atoms with Crippen LogP contribution in [-0.2, 0) is 45.9 Å². The van der Waals surface area contributed by atoms with Gasteiger partial charge in [-0.15, -0.1) is 25.6 Å². The second-order valence-corrected chi connectivity index (χ2v) is 18.4. The van der Waals surface area contributed by atoms with Crippen LogP contribution >= 0.6 is 0 Å². The van der Waals surface area contributed by atoms with Crippen LogP contribution in [0.15, 0.2) is 98.8 Å². The smallest absolute Gasteiger partial charge is 0.297 e. The standard InChI is InChI=1S/C29H25N9O17S4/c1-29(2,3)27-24(28(41)37-36-27)35-30-13-4-6-15(17(10-13)56(44,45)46)31-33-22-19(58(50,51)52)8-12-9-20(59(53,54)55)23(26(40)21(12)25(22)39)34-32-16-7-5-14(38(42)43)11-18(16)57(47,48)49/h4-11,39-40H,1-3H3,(H2,36,37,41)(H,44,45,46)(H,47,48,49)(H,50,51,52)(H,53,54,55)/b33-31+,34-32+,35-30+. The van der Waals surface area contributed by atoms with E-state index < -0.39 is 127 Å². The molecule has 0 saturated heterocycles. The fourth-order valence-corrected chi connectivity index (χ4v) is 7.67. The maximum Gasteiger partial charge on any atom is 0.297 e. The molecule has 312 valence electrons. The van der Waals surface area contributed by atoms with Gasteiger partial charge in [0.2, 0.25) is 5.88 Å². The minimum absolute atomic E-state index is 0.106. The van der Waals surface area contributed by atoms with Crippen molar-refractivity contribution in [2.45, 2.75) is 45.8 Å². The third-order valence-electron chi connectivity index (χ3n) is 7.67. The Balaban J connectivity index is 1.71. The first-order valence-corrected chi connectivity index (χ1v) is 21.2. The fourth-order valence-electron chi connectivity index (χ4n) is 5.07. The summed E-state index contributed by atoms with van der Waals surface area (Å²) >= 11 is 0. The Bertz CT molecular complexity index is 3160. The lowest BCUT2D eigenvalue weighted by molar-refractivity contribution is -0.385. The lowest BCUT2D eigenvalue weighted by atomic mass is 9.91. The molecule has 5 rings (SSSR count). The number of aromatic hydroxyl groups is 3. The van der Waals surface area contributed by atoms with E-state index >= 15 is 0 Å². The molecule has 0 aliphatic heterocycles. The Morgan fingerprint density at radius 1 is 0.610 bits per heavy atom. The number of nitrogens with one attached hydrogen (secondary N) is 1. The number of benzene rings is 4. The van der Waals surface area contributed by atoms with Gasteiger partial charge in [-0.3, -0.25) is 28.3 Å². The summed E-state index contributed by atoms with van der Waals surface area (Å²) < 4.78 is 138. The van der Waals surface area contributed by atoms with Gasteiger partial charge in [0.15, 0.2) is 17.2 Å². The molecule has 1 aromatic heterocycles. The summed E-state index contributed by atoms with van der Waals surface area (Å²) in [5.41, 5.74) is -5.76. The van der Waals surface area contributed by atoms with E-state index in [1.807, 2.05) is 0 Å². The number of hydrogen-bond acceptors (Lipinski definition) is 20. The van der Waals surface area contributed by atoms with Crippen molar-refractivity contribution in [2.75, 3.05) is 0 Å². The highest BCUT2D eigenvalue weighted by atomic mass is 32.2. The molecule has 4 aromatic carbocycles. The van der Waals surface area contributed by atoms with Crippen molar-refractivity contribution in [1.82, 2.24) is 10.2 Å². The zero-order valence-corrected chi connectivity index (χ0v) is 32.8. The van der Waals surface area contributed by atoms with Crippen molar-refractivity contribution in [3.8, 4) is 17.4 Å². The Kier molecular flexibility index (Phi) is 11.2. The summed E-state index contributed by atoms with van der Waals surface area (Å²) in [5.74, 6) is -3.36. The van der Waals surface area contributed by atoms with Crippen molar-refractivity contribution < 1.29 is 72.1 Å². The molecule has 0 amide bonds. The number of rotatable bonds is 11. The number of H-pyrrole nitrogens is 1. The average molecular weight is 900 g/mol. The van der Waals surface area contributed by atoms with Crippen LogP contribution in [0.25, 0.3) is 10.8 Å². The number of nitro benzene ring substituents is 1. The van der Waals surface area contributed by atoms with Gasteiger partial charge in [-0.1, -0.05) is 20.8 Å². The monoisotopic (exact) mass is 899 g/mol. The van der Waals surface area contributed by atoms with Gasteiger partial charge < -0.3 is 15.3 Å². The van der Waals surface area contributed by atoms with Crippen LogP contribution in [0.4, 0.5) is 39.8 Å². The van der Waals surface area contributed by atoms with E-state index in [-0.39, 0.29) is 17.1 Å². The van der Waals surface area contributed by atoms with E-state index in [9.17, 15) is 77.3 Å². The Labute approximate surface area is 330 Å². The first-order valence-electron chi connectivity index (χ1n) is 15.4. The molecule has 0 saturated carbocycles. The SMILES string of the molecule is CC(C)(C)c1n[nH]c(O)c1/N=N/c1ccc(/N=N/c2c(S(=O)(=O)O)cc3cc(S(=O)(=O)O)c(/N=N/c4ccc([N+](=O)[O-])cc4S(=O)(=O)O)c(O)c3c2O)c(S(=O)(=O)O)c1. The third kappa shape index (κ3) is 9.18. The van der Waals surface area contributed by atoms with Crippen molar-refractivity contribution >= 4 is 91.1 Å². The predicted molar refractivity (Wildman–Crippen MR) is 198 cm³/mol. The number of non-ortho nitro benzene ring substituents is 1. The van der Waals surface area contributed by atoms with E-state index in [0.717, 1.165) is 18.2 Å². The first kappa shape index (κ1) is 43.7. The summed E-state index contributed by atoms with van der Waals surface area (Å²) in [7, 11) is -21.5. The molecule has 0 bridgehead atoms. The molecule has 0 fully saturated rings. The van der Waals surface area contributed by atoms with Gasteiger partial charge in [-0.25, -0.2) is 5.10 Å². The van der Waals surface area contributed by atoms with Crippen LogP contribution in [0.2, 0.25) is 0 Å². The Hall–Kier alpha value is -6.41. The van der Waals surface area contributed by atoms with Gasteiger partial charge in [-0.2, -0.15) is 43.9 Å². The van der Waals surface area contributed by atoms with Crippen LogP contribution in [0.5, 0.6) is 17.4 Å². The molecule has 0 aliphatic carbocycles. The molecule has 26 nitrogen and oxygen atoms in total. The summed E-state index contributed by atoms with van der Waals surface area (Å²) in [6.45, 7) is 5.24. The molecular weight excluding hydrogens is 875 g/mol. The number of nitro groups is 1. The van der Waals surface area contributed by atoms with Gasteiger partial charge >= 0.3 is 0 Å². The molecule has 0 unspecified atom stereocenters. The normalized spacial score (nSPS) is 13.3. The van der Waals surface area contributed by atoms with Gasteiger partial charge in [-0.05, 0) is 41.8 Å². The van der Waals surface area contributed by atoms with Crippen molar-refractivity contribution in [1.29, 1.82) is 0 Å². The number of fused-ring (bicyclic) bond motifs is 1. The van der Waals surface area contributed by atoms with Gasteiger partial charge in [0.05, 0.1) is 21.7 Å². The summed E-state index contributed by atoms with van der Waals surface area (Å²) in [5, 5.41) is 69.9. The average Bonchev–Trinajstić information content (AvgIpc) is 3.48. The summed E-state index contributed by atoms with van der Waals surface area (Å²) in [6.07, 6.45) is 0. The number of phenols is 2. The highest BCUT2D eigenvalue weighted by Crippen LogP contribution is 2.50. The van der Waals surface area contributed by atoms with E-state index in [2.05, 4.69) is 40.9 Å². The highest BCUT2D eigenvalue weighted by Gasteiger charge is 2.30. The van der Waals surface area contributed by atoms with Crippen LogP contribution in [0.3, 0.4) is 0 Å². The number of phenolic OH excluding ortho intramolecular Hbond substituents is 2. The van der Waals surface area contributed by atoms with Crippen LogP contribution in [0.1, 0.15) is 26.5 Å². The molecule has 0 spiro atoms. The molecule has 1 heterocycles. The molecule has 5 aromatic rings. The van der Waals surface area contributed by atoms with Crippen molar-refractivity contribution in [3.05, 3.63) is 64.3 Å². The second-order valence-electron chi connectivity index (χ2n) is 12.8. The van der Waals surface area contributed by atoms with Crippen molar-refractivity contribution in [3.63, 3.8) is 0 Å². The highest BCUT2D eigenvalue weighted by molar-refractivity contribution is 7.86. The van der Waals surface area contributed by atoms with E-state index in [0.29, 0.717) is 30.3 Å². The minimum atomic E-state index is -5.49. The molecule has 0 radical (unpaired) electrons. The quantitative estimate of drug-likeness (QED) is 0.0320.